The zero-order valence-electron chi connectivity index (χ0n) is 10.3. The minimum Gasteiger partial charge on any atom is -0.489 e. The van der Waals surface area contributed by atoms with Crippen LogP contribution in [0.1, 0.15) is 16.7 Å². The van der Waals surface area contributed by atoms with E-state index in [0.29, 0.717) is 10.6 Å². The smallest absolute Gasteiger partial charge is 0.131 e. The van der Waals surface area contributed by atoms with Crippen LogP contribution in [0.3, 0.4) is 0 Å². The van der Waals surface area contributed by atoms with Gasteiger partial charge in [0.05, 0.1) is 5.02 Å². The van der Waals surface area contributed by atoms with Gasteiger partial charge in [-0.3, -0.25) is 0 Å². The Kier molecular flexibility index (Phi) is 3.87. The molecule has 0 saturated heterocycles. The Morgan fingerprint density at radius 3 is 2.56 bits per heavy atom. The fraction of sp³-hybridized carbons (Fsp3) is 0.200. The van der Waals surface area contributed by atoms with E-state index in [4.69, 9.17) is 16.3 Å². The molecule has 0 radical (unpaired) electrons. The minimum atomic E-state index is -0.341. The molecule has 0 fully saturated rings. The van der Waals surface area contributed by atoms with E-state index in [2.05, 4.69) is 0 Å². The second-order valence-corrected chi connectivity index (χ2v) is 4.64. The Labute approximate surface area is 111 Å². The lowest BCUT2D eigenvalue weighted by atomic mass is 10.1. The number of hydrogen-bond donors (Lipinski definition) is 0. The SMILES string of the molecule is Cc1ccc(OCc2c(F)cccc2Cl)cc1C. The van der Waals surface area contributed by atoms with Crippen molar-refractivity contribution in [2.24, 2.45) is 0 Å². The number of halogens is 2. The Bertz CT molecular complexity index is 546. The van der Waals surface area contributed by atoms with Gasteiger partial charge in [-0.1, -0.05) is 23.7 Å². The average molecular weight is 265 g/mol. The first-order chi connectivity index (χ1) is 8.58. The Balaban J connectivity index is 2.14. The topological polar surface area (TPSA) is 9.23 Å². The van der Waals surface area contributed by atoms with E-state index in [1.54, 1.807) is 12.1 Å². The van der Waals surface area contributed by atoms with Crippen LogP contribution in [0.15, 0.2) is 36.4 Å². The van der Waals surface area contributed by atoms with Crippen molar-refractivity contribution < 1.29 is 9.13 Å². The molecule has 2 aromatic rings. The standard InChI is InChI=1S/C15H14ClFO/c1-10-6-7-12(8-11(10)2)18-9-13-14(16)4-3-5-15(13)17/h3-8H,9H2,1-2H3. The molecule has 0 aliphatic heterocycles. The van der Waals surface area contributed by atoms with Crippen LogP contribution in [0.25, 0.3) is 0 Å². The van der Waals surface area contributed by atoms with Crippen molar-refractivity contribution in [2.75, 3.05) is 0 Å². The Hall–Kier alpha value is -1.54. The van der Waals surface area contributed by atoms with Crippen molar-refractivity contribution in [1.29, 1.82) is 0 Å². The molecule has 94 valence electrons. The van der Waals surface area contributed by atoms with Crippen LogP contribution in [0.5, 0.6) is 5.75 Å². The van der Waals surface area contributed by atoms with Crippen LogP contribution in [0.4, 0.5) is 4.39 Å². The number of benzene rings is 2. The summed E-state index contributed by atoms with van der Waals surface area (Å²) in [5.74, 6) is 0.378. The number of aryl methyl sites for hydroxylation is 2. The average Bonchev–Trinajstić information content (AvgIpc) is 2.33. The maximum atomic E-state index is 13.5. The molecule has 0 amide bonds. The lowest BCUT2D eigenvalue weighted by molar-refractivity contribution is 0.299. The number of hydrogen-bond acceptors (Lipinski definition) is 1. The second kappa shape index (κ2) is 5.40. The molecule has 2 aromatic carbocycles. The predicted octanol–water partition coefficient (Wildman–Crippen LogP) is 4.67. The van der Waals surface area contributed by atoms with E-state index in [0.717, 1.165) is 11.3 Å². The minimum absolute atomic E-state index is 0.133. The summed E-state index contributed by atoms with van der Waals surface area (Å²) < 4.78 is 19.1. The van der Waals surface area contributed by atoms with Gasteiger partial charge in [-0.2, -0.15) is 0 Å². The lowest BCUT2D eigenvalue weighted by Crippen LogP contribution is -1.99. The van der Waals surface area contributed by atoms with Crippen LogP contribution >= 0.6 is 11.6 Å². The quantitative estimate of drug-likeness (QED) is 0.782. The molecule has 0 aromatic heterocycles. The molecule has 18 heavy (non-hydrogen) atoms. The first-order valence-electron chi connectivity index (χ1n) is 5.71. The summed E-state index contributed by atoms with van der Waals surface area (Å²) in [6, 6.07) is 10.4. The van der Waals surface area contributed by atoms with Crippen LogP contribution in [0, 0.1) is 19.7 Å². The maximum Gasteiger partial charge on any atom is 0.131 e. The maximum absolute atomic E-state index is 13.5. The fourth-order valence-electron chi connectivity index (χ4n) is 1.63. The third-order valence-electron chi connectivity index (χ3n) is 2.92. The highest BCUT2D eigenvalue weighted by molar-refractivity contribution is 6.31. The van der Waals surface area contributed by atoms with Crippen LogP contribution in [-0.4, -0.2) is 0 Å². The predicted molar refractivity (Wildman–Crippen MR) is 71.7 cm³/mol. The van der Waals surface area contributed by atoms with Crippen LogP contribution in [0.2, 0.25) is 5.02 Å². The molecule has 0 atom stereocenters. The molecule has 0 saturated carbocycles. The summed E-state index contributed by atoms with van der Waals surface area (Å²) in [6.07, 6.45) is 0. The van der Waals surface area contributed by atoms with Gasteiger partial charge >= 0.3 is 0 Å². The van der Waals surface area contributed by atoms with Gasteiger partial charge in [0.1, 0.15) is 18.2 Å². The van der Waals surface area contributed by atoms with E-state index in [1.807, 2.05) is 32.0 Å². The number of rotatable bonds is 3. The van der Waals surface area contributed by atoms with Crippen molar-refractivity contribution in [3.63, 3.8) is 0 Å². The molecular weight excluding hydrogens is 251 g/mol. The summed E-state index contributed by atoms with van der Waals surface area (Å²) in [5, 5.41) is 0.388. The highest BCUT2D eigenvalue weighted by atomic mass is 35.5. The van der Waals surface area contributed by atoms with E-state index >= 15 is 0 Å². The van der Waals surface area contributed by atoms with Gasteiger partial charge in [0.25, 0.3) is 0 Å². The molecule has 1 nitrogen and oxygen atoms in total. The van der Waals surface area contributed by atoms with E-state index in [1.165, 1.54) is 11.6 Å². The van der Waals surface area contributed by atoms with Crippen LogP contribution in [-0.2, 0) is 6.61 Å². The van der Waals surface area contributed by atoms with Crippen molar-refractivity contribution in [1.82, 2.24) is 0 Å². The molecule has 0 aliphatic carbocycles. The van der Waals surface area contributed by atoms with Gasteiger partial charge in [0.15, 0.2) is 0 Å². The molecule has 2 rings (SSSR count). The molecule has 0 spiro atoms. The van der Waals surface area contributed by atoms with Gasteiger partial charge in [0, 0.05) is 5.56 Å². The zero-order valence-corrected chi connectivity index (χ0v) is 11.1. The summed E-state index contributed by atoms with van der Waals surface area (Å²) >= 11 is 5.93. The van der Waals surface area contributed by atoms with Crippen molar-refractivity contribution in [3.05, 3.63) is 63.9 Å². The van der Waals surface area contributed by atoms with Gasteiger partial charge in [-0.15, -0.1) is 0 Å². The molecule has 0 N–H and O–H groups in total. The molecule has 3 heteroatoms. The summed E-state index contributed by atoms with van der Waals surface area (Å²) in [6.45, 7) is 4.18. The number of ether oxygens (including phenoxy) is 1. The van der Waals surface area contributed by atoms with Gasteiger partial charge < -0.3 is 4.74 Å². The Morgan fingerprint density at radius 1 is 1.11 bits per heavy atom. The summed E-state index contributed by atoms with van der Waals surface area (Å²) in [4.78, 5) is 0. The largest absolute Gasteiger partial charge is 0.489 e. The molecule has 0 bridgehead atoms. The fourth-order valence-corrected chi connectivity index (χ4v) is 1.85. The Morgan fingerprint density at radius 2 is 1.89 bits per heavy atom. The van der Waals surface area contributed by atoms with Gasteiger partial charge in [0.2, 0.25) is 0 Å². The first kappa shape index (κ1) is 12.9. The highest BCUT2D eigenvalue weighted by Gasteiger charge is 2.07. The molecule has 0 heterocycles. The third-order valence-corrected chi connectivity index (χ3v) is 3.28. The van der Waals surface area contributed by atoms with Gasteiger partial charge in [-0.25, -0.2) is 4.39 Å². The van der Waals surface area contributed by atoms with Crippen molar-refractivity contribution in [2.45, 2.75) is 20.5 Å². The first-order valence-corrected chi connectivity index (χ1v) is 6.08. The van der Waals surface area contributed by atoms with Crippen molar-refractivity contribution >= 4 is 11.6 Å². The summed E-state index contributed by atoms with van der Waals surface area (Å²) in [5.41, 5.74) is 2.73. The van der Waals surface area contributed by atoms with Crippen molar-refractivity contribution in [3.8, 4) is 5.75 Å². The van der Waals surface area contributed by atoms with E-state index in [9.17, 15) is 4.39 Å². The summed E-state index contributed by atoms with van der Waals surface area (Å²) in [7, 11) is 0. The normalized spacial score (nSPS) is 10.4. The molecular formula is C15H14ClFO. The second-order valence-electron chi connectivity index (χ2n) is 4.23. The highest BCUT2D eigenvalue weighted by Crippen LogP contribution is 2.22. The monoisotopic (exact) mass is 264 g/mol. The zero-order chi connectivity index (χ0) is 13.1. The molecule has 0 aliphatic rings. The third kappa shape index (κ3) is 2.82. The lowest BCUT2D eigenvalue weighted by Gasteiger charge is -2.10. The van der Waals surface area contributed by atoms with Crippen LogP contribution < -0.4 is 4.74 Å². The van der Waals surface area contributed by atoms with E-state index < -0.39 is 0 Å². The van der Waals surface area contributed by atoms with Gasteiger partial charge in [-0.05, 0) is 49.2 Å². The van der Waals surface area contributed by atoms with E-state index in [-0.39, 0.29) is 12.4 Å². The molecule has 0 unspecified atom stereocenters.